The molecule has 0 saturated carbocycles. The van der Waals surface area contributed by atoms with E-state index in [2.05, 4.69) is 0 Å². The monoisotopic (exact) mass is 323 g/mol. The molecule has 0 aromatic heterocycles. The van der Waals surface area contributed by atoms with Crippen LogP contribution in [0.2, 0.25) is 0 Å². The number of hydrogen-bond acceptors (Lipinski definition) is 3. The van der Waals surface area contributed by atoms with Crippen LogP contribution in [-0.2, 0) is 6.18 Å². The Balaban J connectivity index is 1.95. The first-order valence-electron chi connectivity index (χ1n) is 6.81. The molecule has 0 aliphatic carbocycles. The molecule has 0 spiro atoms. The predicted octanol–water partition coefficient (Wildman–Crippen LogP) is 3.93. The van der Waals surface area contributed by atoms with E-state index in [4.69, 9.17) is 9.84 Å². The van der Waals surface area contributed by atoms with Gasteiger partial charge in [-0.25, -0.2) is 4.79 Å². The molecule has 0 bridgehead atoms. The van der Waals surface area contributed by atoms with Crippen LogP contribution in [0, 0.1) is 0 Å². The van der Waals surface area contributed by atoms with Gasteiger partial charge < -0.3 is 14.7 Å². The molecule has 120 valence electrons. The Bertz CT molecular complexity index is 741. The number of carboxylic acids is 1. The Morgan fingerprint density at radius 2 is 1.83 bits per heavy atom. The number of rotatable bonds is 2. The van der Waals surface area contributed by atoms with E-state index in [0.29, 0.717) is 30.3 Å². The first-order valence-corrected chi connectivity index (χ1v) is 6.81. The van der Waals surface area contributed by atoms with Gasteiger partial charge in [-0.2, -0.15) is 13.2 Å². The molecule has 0 saturated heterocycles. The molecule has 3 rings (SSSR count). The number of anilines is 2. The number of ether oxygens (including phenoxy) is 1. The summed E-state index contributed by atoms with van der Waals surface area (Å²) in [4.78, 5) is 12.8. The van der Waals surface area contributed by atoms with Gasteiger partial charge in [0.1, 0.15) is 12.4 Å². The Hall–Kier alpha value is -2.70. The first kappa shape index (κ1) is 15.2. The molecule has 1 heterocycles. The van der Waals surface area contributed by atoms with E-state index < -0.39 is 17.7 Å². The maximum Gasteiger partial charge on any atom is 0.416 e. The molecule has 0 unspecified atom stereocenters. The number of carboxylic acid groups (broad SMARTS) is 1. The molecule has 0 atom stereocenters. The normalized spacial score (nSPS) is 14.1. The van der Waals surface area contributed by atoms with Crippen molar-refractivity contribution in [3.05, 3.63) is 53.6 Å². The number of aromatic carboxylic acids is 1. The summed E-state index contributed by atoms with van der Waals surface area (Å²) in [5.41, 5.74) is 0.598. The summed E-state index contributed by atoms with van der Waals surface area (Å²) in [7, 11) is 0. The number of halogens is 3. The lowest BCUT2D eigenvalue weighted by atomic mass is 10.1. The zero-order valence-electron chi connectivity index (χ0n) is 11.8. The summed E-state index contributed by atoms with van der Waals surface area (Å²) in [5, 5.41) is 9.00. The van der Waals surface area contributed by atoms with Crippen molar-refractivity contribution in [2.24, 2.45) is 0 Å². The number of hydrogen-bond donors (Lipinski definition) is 1. The molecule has 0 amide bonds. The van der Waals surface area contributed by atoms with E-state index in [-0.39, 0.29) is 5.56 Å². The maximum atomic E-state index is 12.6. The number of fused-ring (bicyclic) bond motifs is 1. The van der Waals surface area contributed by atoms with Gasteiger partial charge >= 0.3 is 12.1 Å². The average molecular weight is 323 g/mol. The topological polar surface area (TPSA) is 49.8 Å². The summed E-state index contributed by atoms with van der Waals surface area (Å²) in [6.07, 6.45) is -4.38. The molecule has 0 fully saturated rings. The fourth-order valence-electron chi connectivity index (χ4n) is 2.45. The first-order chi connectivity index (χ1) is 10.9. The Morgan fingerprint density at radius 3 is 2.43 bits per heavy atom. The lowest BCUT2D eigenvalue weighted by molar-refractivity contribution is -0.137. The lowest BCUT2D eigenvalue weighted by Gasteiger charge is -2.31. The Labute approximate surface area is 129 Å². The zero-order chi connectivity index (χ0) is 16.6. The van der Waals surface area contributed by atoms with Crippen LogP contribution in [0.25, 0.3) is 0 Å². The number of carbonyl (C=O) groups is 1. The van der Waals surface area contributed by atoms with Crippen LogP contribution in [0.4, 0.5) is 24.5 Å². The van der Waals surface area contributed by atoms with E-state index >= 15 is 0 Å². The van der Waals surface area contributed by atoms with E-state index in [9.17, 15) is 18.0 Å². The molecule has 1 N–H and O–H groups in total. The second-order valence-corrected chi connectivity index (χ2v) is 5.03. The SMILES string of the molecule is O=C(O)c1ccc2c(c1)OCCN2c1ccc(C(F)(F)F)cc1. The third-order valence-corrected chi connectivity index (χ3v) is 3.58. The molecule has 23 heavy (non-hydrogen) atoms. The van der Waals surface area contributed by atoms with Crippen molar-refractivity contribution < 1.29 is 27.8 Å². The fraction of sp³-hybridized carbons (Fsp3) is 0.188. The summed E-state index contributed by atoms with van der Waals surface area (Å²) in [6.45, 7) is 0.780. The van der Waals surface area contributed by atoms with Crippen molar-refractivity contribution in [1.82, 2.24) is 0 Å². The summed E-state index contributed by atoms with van der Waals surface area (Å²) in [5.74, 6) is -0.667. The highest BCUT2D eigenvalue weighted by molar-refractivity contribution is 5.89. The van der Waals surface area contributed by atoms with Gasteiger partial charge in [0.05, 0.1) is 23.4 Å². The van der Waals surface area contributed by atoms with Crippen LogP contribution in [0.3, 0.4) is 0 Å². The highest BCUT2D eigenvalue weighted by atomic mass is 19.4. The van der Waals surface area contributed by atoms with Gasteiger partial charge in [-0.15, -0.1) is 0 Å². The van der Waals surface area contributed by atoms with Crippen LogP contribution in [0.1, 0.15) is 15.9 Å². The summed E-state index contributed by atoms with van der Waals surface area (Å²) in [6, 6.07) is 9.27. The highest BCUT2D eigenvalue weighted by Gasteiger charge is 2.30. The van der Waals surface area contributed by atoms with Crippen molar-refractivity contribution >= 4 is 17.3 Å². The molecular weight excluding hydrogens is 311 g/mol. The molecule has 0 radical (unpaired) electrons. The standard InChI is InChI=1S/C16H12F3NO3/c17-16(18,19)11-2-4-12(5-3-11)20-7-8-23-14-9-10(15(21)22)1-6-13(14)20/h1-6,9H,7-8H2,(H,21,22). The fourth-order valence-corrected chi connectivity index (χ4v) is 2.45. The highest BCUT2D eigenvalue weighted by Crippen LogP contribution is 2.38. The predicted molar refractivity (Wildman–Crippen MR) is 77.3 cm³/mol. The number of benzene rings is 2. The van der Waals surface area contributed by atoms with Gasteiger partial charge in [0.2, 0.25) is 0 Å². The maximum absolute atomic E-state index is 12.6. The summed E-state index contributed by atoms with van der Waals surface area (Å²) >= 11 is 0. The van der Waals surface area contributed by atoms with Crippen molar-refractivity contribution in [1.29, 1.82) is 0 Å². The quantitative estimate of drug-likeness (QED) is 0.909. The van der Waals surface area contributed by atoms with E-state index in [1.54, 1.807) is 11.0 Å². The Kier molecular flexibility index (Phi) is 3.63. The molecule has 2 aromatic carbocycles. The van der Waals surface area contributed by atoms with Gasteiger partial charge in [-0.1, -0.05) is 0 Å². The molecule has 7 heteroatoms. The number of nitrogens with zero attached hydrogens (tertiary/aromatic N) is 1. The van der Waals surface area contributed by atoms with E-state index in [1.165, 1.54) is 24.3 Å². The smallest absolute Gasteiger partial charge is 0.416 e. The second kappa shape index (κ2) is 5.49. The minimum atomic E-state index is -4.38. The van der Waals surface area contributed by atoms with E-state index in [0.717, 1.165) is 12.1 Å². The molecular formula is C16H12F3NO3. The average Bonchev–Trinajstić information content (AvgIpc) is 2.53. The van der Waals surface area contributed by atoms with Crippen molar-refractivity contribution in [3.8, 4) is 5.75 Å². The molecule has 1 aliphatic heterocycles. The third kappa shape index (κ3) is 2.94. The van der Waals surface area contributed by atoms with Gasteiger partial charge in [-0.05, 0) is 42.5 Å². The number of alkyl halides is 3. The zero-order valence-corrected chi connectivity index (χ0v) is 11.8. The van der Waals surface area contributed by atoms with Crippen molar-refractivity contribution in [2.75, 3.05) is 18.1 Å². The van der Waals surface area contributed by atoms with Gasteiger partial charge in [-0.3, -0.25) is 0 Å². The minimum Gasteiger partial charge on any atom is -0.490 e. The van der Waals surface area contributed by atoms with Gasteiger partial charge in [0, 0.05) is 5.69 Å². The second-order valence-electron chi connectivity index (χ2n) is 5.03. The largest absolute Gasteiger partial charge is 0.490 e. The molecule has 2 aromatic rings. The van der Waals surface area contributed by atoms with Crippen molar-refractivity contribution in [2.45, 2.75) is 6.18 Å². The van der Waals surface area contributed by atoms with Crippen LogP contribution < -0.4 is 9.64 Å². The minimum absolute atomic E-state index is 0.0954. The van der Waals surface area contributed by atoms with E-state index in [1.807, 2.05) is 0 Å². The van der Waals surface area contributed by atoms with Gasteiger partial charge in [0.15, 0.2) is 0 Å². The van der Waals surface area contributed by atoms with Crippen molar-refractivity contribution in [3.63, 3.8) is 0 Å². The Morgan fingerprint density at radius 1 is 1.13 bits per heavy atom. The summed E-state index contributed by atoms with van der Waals surface area (Å²) < 4.78 is 43.4. The van der Waals surface area contributed by atoms with Gasteiger partial charge in [0.25, 0.3) is 0 Å². The van der Waals surface area contributed by atoms with Crippen LogP contribution in [0.15, 0.2) is 42.5 Å². The lowest BCUT2D eigenvalue weighted by Crippen LogP contribution is -2.28. The molecule has 1 aliphatic rings. The van der Waals surface area contributed by atoms with Crippen LogP contribution >= 0.6 is 0 Å². The molecule has 4 nitrogen and oxygen atoms in total. The third-order valence-electron chi connectivity index (χ3n) is 3.58. The van der Waals surface area contributed by atoms with Crippen LogP contribution in [-0.4, -0.2) is 24.2 Å². The van der Waals surface area contributed by atoms with Crippen LogP contribution in [0.5, 0.6) is 5.75 Å².